The molecule has 272 valence electrons. The lowest BCUT2D eigenvalue weighted by Gasteiger charge is -2.42. The fraction of sp³-hybridized carbons (Fsp3) is 0.800. The highest BCUT2D eigenvalue weighted by Crippen LogP contribution is 2.65. The largest absolute Gasteiger partial charge is 0.460 e. The second-order valence-corrected chi connectivity index (χ2v) is 12.7. The molecule has 0 atom stereocenters. The molecule has 2 fully saturated rings. The van der Waals surface area contributed by atoms with E-state index in [1.165, 1.54) is 12.8 Å². The maximum Gasteiger partial charge on any atom is 0.460 e. The van der Waals surface area contributed by atoms with Gasteiger partial charge in [0.05, 0.1) is 0 Å². The molecular formula is C30H33F17. The second-order valence-electron chi connectivity index (χ2n) is 12.7. The number of halogens is 17. The standard InChI is InChI=1S/C30H33F17/c1-2-3-4-17-5-7-18(8-6-17)19-9-11-20(12-10-19)21-13-15-22(16-14-21)23(31,32)24(33,34)25(35,36)26(37,38)27(39,40)28(41,42)29(43,44)30(45,46)47/h13-20H,2-12H2,1H3/t17-,18-,19?,20?. The lowest BCUT2D eigenvalue weighted by atomic mass is 9.68. The lowest BCUT2D eigenvalue weighted by Crippen LogP contribution is -2.74. The van der Waals surface area contributed by atoms with Gasteiger partial charge < -0.3 is 0 Å². The number of hydrogen-bond donors (Lipinski definition) is 0. The third-order valence-electron chi connectivity index (χ3n) is 9.76. The predicted octanol–water partition coefficient (Wildman–Crippen LogP) is 12.4. The molecule has 1 aromatic rings. The molecule has 0 spiro atoms. The number of hydrogen-bond acceptors (Lipinski definition) is 0. The Balaban J connectivity index is 1.76. The number of benzene rings is 1. The third kappa shape index (κ3) is 6.54. The fourth-order valence-electron chi connectivity index (χ4n) is 6.67. The van der Waals surface area contributed by atoms with Crippen molar-refractivity contribution in [3.8, 4) is 0 Å². The van der Waals surface area contributed by atoms with Crippen molar-refractivity contribution in [1.82, 2.24) is 0 Å². The summed E-state index contributed by atoms with van der Waals surface area (Å²) in [6.07, 6.45) is 2.66. The minimum atomic E-state index is -8.63. The summed E-state index contributed by atoms with van der Waals surface area (Å²) in [4.78, 5) is 0. The van der Waals surface area contributed by atoms with Gasteiger partial charge in [-0.1, -0.05) is 63.3 Å². The molecule has 0 bridgehead atoms. The van der Waals surface area contributed by atoms with Crippen LogP contribution in [0.25, 0.3) is 0 Å². The molecule has 2 aliphatic carbocycles. The Bertz CT molecular complexity index is 1170. The molecule has 0 nitrogen and oxygen atoms in total. The first kappa shape index (κ1) is 39.5. The van der Waals surface area contributed by atoms with Crippen molar-refractivity contribution >= 4 is 0 Å². The maximum absolute atomic E-state index is 14.7. The lowest BCUT2D eigenvalue weighted by molar-refractivity contribution is -0.462. The van der Waals surface area contributed by atoms with Crippen LogP contribution >= 0.6 is 0 Å². The molecule has 0 amide bonds. The first-order valence-electron chi connectivity index (χ1n) is 15.0. The van der Waals surface area contributed by atoms with E-state index in [9.17, 15) is 74.6 Å². The highest BCUT2D eigenvalue weighted by atomic mass is 19.4. The molecule has 0 saturated heterocycles. The minimum Gasteiger partial charge on any atom is -0.194 e. The molecule has 17 heteroatoms. The molecule has 0 radical (unpaired) electrons. The van der Waals surface area contributed by atoms with E-state index in [1.807, 2.05) is 0 Å². The van der Waals surface area contributed by atoms with Crippen molar-refractivity contribution in [3.63, 3.8) is 0 Å². The molecule has 1 aromatic carbocycles. The predicted molar refractivity (Wildman–Crippen MR) is 136 cm³/mol. The summed E-state index contributed by atoms with van der Waals surface area (Å²) in [5, 5.41) is 0. The van der Waals surface area contributed by atoms with Crippen LogP contribution in [-0.2, 0) is 5.92 Å². The quantitative estimate of drug-likeness (QED) is 0.189. The van der Waals surface area contributed by atoms with Gasteiger partial charge in [-0.15, -0.1) is 0 Å². The summed E-state index contributed by atoms with van der Waals surface area (Å²) < 4.78 is 232. The molecule has 0 aromatic heterocycles. The van der Waals surface area contributed by atoms with Crippen molar-refractivity contribution in [2.45, 2.75) is 131 Å². The molecule has 3 rings (SSSR count). The van der Waals surface area contributed by atoms with Crippen LogP contribution in [0.15, 0.2) is 24.3 Å². The summed E-state index contributed by atoms with van der Waals surface area (Å²) in [5.41, 5.74) is -1.89. The van der Waals surface area contributed by atoms with Crippen LogP contribution in [0, 0.1) is 17.8 Å². The van der Waals surface area contributed by atoms with Crippen molar-refractivity contribution in [1.29, 1.82) is 0 Å². The van der Waals surface area contributed by atoms with Gasteiger partial charge in [-0.05, 0) is 67.8 Å². The summed E-state index contributed by atoms with van der Waals surface area (Å²) in [7, 11) is 0. The van der Waals surface area contributed by atoms with Gasteiger partial charge in [0, 0.05) is 5.56 Å². The van der Waals surface area contributed by atoms with Crippen LogP contribution < -0.4 is 0 Å². The van der Waals surface area contributed by atoms with Crippen LogP contribution in [0.3, 0.4) is 0 Å². The molecule has 0 N–H and O–H groups in total. The third-order valence-corrected chi connectivity index (χ3v) is 9.76. The smallest absolute Gasteiger partial charge is 0.194 e. The average molecular weight is 717 g/mol. The number of unbranched alkanes of at least 4 members (excludes halogenated alkanes) is 1. The van der Waals surface area contributed by atoms with Crippen LogP contribution in [0.1, 0.15) is 94.6 Å². The van der Waals surface area contributed by atoms with Gasteiger partial charge >= 0.3 is 47.6 Å². The number of rotatable bonds is 12. The normalized spacial score (nSPS) is 24.8. The zero-order valence-corrected chi connectivity index (χ0v) is 24.8. The summed E-state index contributed by atoms with van der Waals surface area (Å²) in [5.74, 6) is -55.1. The highest BCUT2D eigenvalue weighted by Gasteiger charge is 2.95. The van der Waals surface area contributed by atoms with Gasteiger partial charge in [0.2, 0.25) is 0 Å². The van der Waals surface area contributed by atoms with Gasteiger partial charge in [0.25, 0.3) is 0 Å². The highest BCUT2D eigenvalue weighted by molar-refractivity contribution is 5.31. The van der Waals surface area contributed by atoms with E-state index in [2.05, 4.69) is 6.92 Å². The fourth-order valence-corrected chi connectivity index (χ4v) is 6.67. The molecule has 0 unspecified atom stereocenters. The average Bonchev–Trinajstić information content (AvgIpc) is 2.99. The van der Waals surface area contributed by atoms with Gasteiger partial charge in [-0.2, -0.15) is 74.6 Å². The van der Waals surface area contributed by atoms with E-state index in [0.29, 0.717) is 30.6 Å². The van der Waals surface area contributed by atoms with Gasteiger partial charge in [-0.25, -0.2) is 0 Å². The molecule has 47 heavy (non-hydrogen) atoms. The molecule has 0 aliphatic heterocycles. The van der Waals surface area contributed by atoms with Gasteiger partial charge in [-0.3, -0.25) is 0 Å². The summed E-state index contributed by atoms with van der Waals surface area (Å²) >= 11 is 0. The zero-order valence-electron chi connectivity index (χ0n) is 24.8. The summed E-state index contributed by atoms with van der Waals surface area (Å²) in [6, 6.07) is 1.77. The van der Waals surface area contributed by atoms with E-state index in [1.54, 1.807) is 0 Å². The van der Waals surface area contributed by atoms with Gasteiger partial charge in [0.1, 0.15) is 0 Å². The number of alkyl halides is 17. The second kappa shape index (κ2) is 13.1. The Labute approximate surface area is 259 Å². The Morgan fingerprint density at radius 1 is 0.489 bits per heavy atom. The van der Waals surface area contributed by atoms with Crippen LogP contribution in [0.5, 0.6) is 0 Å². The van der Waals surface area contributed by atoms with E-state index >= 15 is 0 Å². The monoisotopic (exact) mass is 716 g/mol. The van der Waals surface area contributed by atoms with Crippen molar-refractivity contribution in [3.05, 3.63) is 35.4 Å². The first-order chi connectivity index (χ1) is 21.2. The molecule has 2 saturated carbocycles. The SMILES string of the molecule is CCCC[C@H]1CC[C@H](C2CCC(c3ccc(C(F)(F)C(F)(F)C(F)(F)C(F)(F)C(F)(F)C(F)(F)C(F)(F)C(F)(F)F)cc3)CC2)CC1. The molecular weight excluding hydrogens is 683 g/mol. The van der Waals surface area contributed by atoms with Gasteiger partial charge in [0.15, 0.2) is 0 Å². The first-order valence-corrected chi connectivity index (χ1v) is 15.0. The molecule has 0 heterocycles. The topological polar surface area (TPSA) is 0 Å². The van der Waals surface area contributed by atoms with Crippen LogP contribution in [-0.4, -0.2) is 41.7 Å². The molecule has 2 aliphatic rings. The maximum atomic E-state index is 14.7. The van der Waals surface area contributed by atoms with E-state index in [4.69, 9.17) is 0 Å². The van der Waals surface area contributed by atoms with Crippen LogP contribution in [0.4, 0.5) is 74.6 Å². The van der Waals surface area contributed by atoms with Crippen molar-refractivity contribution < 1.29 is 74.6 Å². The zero-order chi connectivity index (χ0) is 36.1. The van der Waals surface area contributed by atoms with E-state index < -0.39 is 53.2 Å². The van der Waals surface area contributed by atoms with Crippen molar-refractivity contribution in [2.75, 3.05) is 0 Å². The Kier molecular flexibility index (Phi) is 11.0. The Morgan fingerprint density at radius 3 is 1.28 bits per heavy atom. The Morgan fingerprint density at radius 2 is 0.872 bits per heavy atom. The van der Waals surface area contributed by atoms with E-state index in [-0.39, 0.29) is 23.6 Å². The minimum absolute atomic E-state index is 0.103. The van der Waals surface area contributed by atoms with E-state index in [0.717, 1.165) is 57.1 Å². The van der Waals surface area contributed by atoms with Crippen molar-refractivity contribution in [2.24, 2.45) is 17.8 Å². The summed E-state index contributed by atoms with van der Waals surface area (Å²) in [6.45, 7) is 2.12. The Hall–Kier alpha value is -1.97. The van der Waals surface area contributed by atoms with Crippen LogP contribution in [0.2, 0.25) is 0 Å².